The van der Waals surface area contributed by atoms with Gasteiger partial charge in [0.05, 0.1) is 25.1 Å². The van der Waals surface area contributed by atoms with E-state index in [-0.39, 0.29) is 11.7 Å². The maximum Gasteiger partial charge on any atom is 0.269 e. The van der Waals surface area contributed by atoms with Crippen molar-refractivity contribution in [1.29, 1.82) is 0 Å². The Morgan fingerprint density at radius 1 is 1.43 bits per heavy atom. The van der Waals surface area contributed by atoms with Crippen molar-refractivity contribution < 1.29 is 9.53 Å². The van der Waals surface area contributed by atoms with Crippen LogP contribution >= 0.6 is 11.3 Å². The number of nitrogens with one attached hydrogen (secondary N) is 1. The van der Waals surface area contributed by atoms with E-state index in [4.69, 9.17) is 10.5 Å². The zero-order chi connectivity index (χ0) is 14.7. The molecule has 3 rings (SSSR count). The second-order valence-electron chi connectivity index (χ2n) is 4.51. The Labute approximate surface area is 125 Å². The van der Waals surface area contributed by atoms with Crippen LogP contribution in [0, 0.1) is 0 Å². The van der Waals surface area contributed by atoms with Crippen LogP contribution in [0.5, 0.6) is 0 Å². The minimum absolute atomic E-state index is 0.253. The zero-order valence-corrected chi connectivity index (χ0v) is 12.1. The lowest BCUT2D eigenvalue weighted by atomic mass is 10.4. The molecule has 1 aliphatic heterocycles. The number of nitrogen functional groups attached to an aromatic ring is 1. The summed E-state index contributed by atoms with van der Waals surface area (Å²) in [6.45, 7) is 2.85. The molecule has 110 valence electrons. The molecule has 0 aliphatic carbocycles. The summed E-state index contributed by atoms with van der Waals surface area (Å²) in [5.41, 5.74) is 6.50. The first kappa shape index (κ1) is 13.8. The van der Waals surface area contributed by atoms with E-state index >= 15 is 0 Å². The van der Waals surface area contributed by atoms with Crippen LogP contribution in [0.4, 0.5) is 16.6 Å². The van der Waals surface area contributed by atoms with E-state index in [0.29, 0.717) is 23.8 Å². The molecule has 8 heteroatoms. The molecule has 0 aromatic carbocycles. The topological polar surface area (TPSA) is 93.4 Å². The first-order valence-corrected chi connectivity index (χ1v) is 7.36. The molecule has 1 amide bonds. The van der Waals surface area contributed by atoms with Crippen LogP contribution in [-0.4, -0.2) is 42.2 Å². The van der Waals surface area contributed by atoms with Gasteiger partial charge in [-0.15, -0.1) is 0 Å². The number of aromatic nitrogens is 2. The van der Waals surface area contributed by atoms with Crippen molar-refractivity contribution in [2.75, 3.05) is 42.3 Å². The van der Waals surface area contributed by atoms with Gasteiger partial charge in [-0.05, 0) is 12.1 Å². The van der Waals surface area contributed by atoms with Gasteiger partial charge < -0.3 is 20.7 Å². The molecule has 0 radical (unpaired) electrons. The molecule has 2 aromatic rings. The second kappa shape index (κ2) is 6.06. The number of hydrogen-bond acceptors (Lipinski definition) is 7. The summed E-state index contributed by atoms with van der Waals surface area (Å²) in [6, 6.07) is 3.52. The van der Waals surface area contributed by atoms with Gasteiger partial charge in [-0.1, -0.05) is 11.3 Å². The van der Waals surface area contributed by atoms with Gasteiger partial charge >= 0.3 is 0 Å². The van der Waals surface area contributed by atoms with Gasteiger partial charge in [-0.2, -0.15) is 0 Å². The molecule has 1 aliphatic rings. The number of pyridine rings is 1. The highest BCUT2D eigenvalue weighted by Gasteiger charge is 2.21. The molecule has 2 aromatic heterocycles. The zero-order valence-electron chi connectivity index (χ0n) is 11.3. The third-order valence-corrected chi connectivity index (χ3v) is 4.18. The monoisotopic (exact) mass is 305 g/mol. The lowest BCUT2D eigenvalue weighted by Crippen LogP contribution is -2.36. The third-order valence-electron chi connectivity index (χ3n) is 3.05. The number of ether oxygens (including phenoxy) is 1. The van der Waals surface area contributed by atoms with Crippen LogP contribution in [0.2, 0.25) is 0 Å². The van der Waals surface area contributed by atoms with E-state index in [1.54, 1.807) is 24.5 Å². The van der Waals surface area contributed by atoms with E-state index in [9.17, 15) is 4.79 Å². The minimum Gasteiger partial charge on any atom is -0.382 e. The van der Waals surface area contributed by atoms with E-state index in [2.05, 4.69) is 20.2 Å². The summed E-state index contributed by atoms with van der Waals surface area (Å²) >= 11 is 1.30. The molecular formula is C13H15N5O2S. The number of carbonyl (C=O) groups is 1. The van der Waals surface area contributed by atoms with Crippen LogP contribution in [0.1, 0.15) is 9.67 Å². The molecular weight excluding hydrogens is 290 g/mol. The quantitative estimate of drug-likeness (QED) is 0.885. The van der Waals surface area contributed by atoms with Gasteiger partial charge in [-0.3, -0.25) is 9.78 Å². The Balaban J connectivity index is 1.75. The number of hydrogen-bond donors (Lipinski definition) is 2. The van der Waals surface area contributed by atoms with E-state index < -0.39 is 0 Å². The first-order valence-electron chi connectivity index (χ1n) is 6.54. The molecule has 1 fully saturated rings. The smallest absolute Gasteiger partial charge is 0.269 e. The van der Waals surface area contributed by atoms with Crippen LogP contribution in [0.15, 0.2) is 24.5 Å². The standard InChI is InChI=1S/C13H15N5O2S/c14-11-10(12(19)16-9-2-1-3-15-8-9)21-13(17-11)18-4-6-20-7-5-18/h1-3,8H,4-7,14H2,(H,16,19). The summed E-state index contributed by atoms with van der Waals surface area (Å²) < 4.78 is 5.30. The summed E-state index contributed by atoms with van der Waals surface area (Å²) in [7, 11) is 0. The molecule has 0 bridgehead atoms. The van der Waals surface area contributed by atoms with Crippen molar-refractivity contribution in [2.45, 2.75) is 0 Å². The average molecular weight is 305 g/mol. The highest BCUT2D eigenvalue weighted by molar-refractivity contribution is 7.18. The Morgan fingerprint density at radius 2 is 2.24 bits per heavy atom. The summed E-state index contributed by atoms with van der Waals surface area (Å²) in [5, 5.41) is 3.52. The Kier molecular flexibility index (Phi) is 3.98. The second-order valence-corrected chi connectivity index (χ2v) is 5.48. The van der Waals surface area contributed by atoms with Crippen LogP contribution < -0.4 is 16.0 Å². The molecule has 3 N–H and O–H groups in total. The van der Waals surface area contributed by atoms with E-state index in [1.165, 1.54) is 11.3 Å². The van der Waals surface area contributed by atoms with Gasteiger partial charge in [-0.25, -0.2) is 4.98 Å². The van der Waals surface area contributed by atoms with E-state index in [1.807, 2.05) is 0 Å². The Hall–Kier alpha value is -2.19. The largest absolute Gasteiger partial charge is 0.382 e. The molecule has 0 atom stereocenters. The molecule has 3 heterocycles. The van der Waals surface area contributed by atoms with Crippen molar-refractivity contribution >= 4 is 33.9 Å². The van der Waals surface area contributed by atoms with Gasteiger partial charge in [0.15, 0.2) is 5.13 Å². The number of rotatable bonds is 3. The minimum atomic E-state index is -0.266. The molecule has 0 unspecified atom stereocenters. The number of nitrogens with two attached hydrogens (primary N) is 1. The fraction of sp³-hybridized carbons (Fsp3) is 0.308. The third kappa shape index (κ3) is 3.11. The Morgan fingerprint density at radius 3 is 2.95 bits per heavy atom. The molecule has 1 saturated heterocycles. The van der Waals surface area contributed by atoms with Crippen molar-refractivity contribution in [1.82, 2.24) is 9.97 Å². The number of nitrogens with zero attached hydrogens (tertiary/aromatic N) is 3. The number of anilines is 3. The van der Waals surface area contributed by atoms with Crippen LogP contribution in [0.3, 0.4) is 0 Å². The molecule has 21 heavy (non-hydrogen) atoms. The number of amides is 1. The van der Waals surface area contributed by atoms with Crippen LogP contribution in [0.25, 0.3) is 0 Å². The Bertz CT molecular complexity index is 625. The SMILES string of the molecule is Nc1nc(N2CCOCC2)sc1C(=O)Nc1cccnc1. The number of thiazole rings is 1. The highest BCUT2D eigenvalue weighted by Crippen LogP contribution is 2.29. The van der Waals surface area contributed by atoms with Crippen molar-refractivity contribution in [2.24, 2.45) is 0 Å². The maximum absolute atomic E-state index is 12.2. The lowest BCUT2D eigenvalue weighted by molar-refractivity contribution is 0.103. The van der Waals surface area contributed by atoms with E-state index in [0.717, 1.165) is 18.2 Å². The van der Waals surface area contributed by atoms with Crippen molar-refractivity contribution in [3.63, 3.8) is 0 Å². The summed E-state index contributed by atoms with van der Waals surface area (Å²) in [6.07, 6.45) is 3.23. The van der Waals surface area contributed by atoms with Gasteiger partial charge in [0.25, 0.3) is 5.91 Å². The number of morpholine rings is 1. The molecule has 7 nitrogen and oxygen atoms in total. The maximum atomic E-state index is 12.2. The molecule has 0 saturated carbocycles. The fourth-order valence-electron chi connectivity index (χ4n) is 2.00. The highest BCUT2D eigenvalue weighted by atomic mass is 32.1. The average Bonchev–Trinajstić information content (AvgIpc) is 2.91. The van der Waals surface area contributed by atoms with Gasteiger partial charge in [0.1, 0.15) is 10.7 Å². The normalized spacial score (nSPS) is 15.0. The number of carbonyl (C=O) groups excluding carboxylic acids is 1. The van der Waals surface area contributed by atoms with Crippen molar-refractivity contribution in [3.8, 4) is 0 Å². The van der Waals surface area contributed by atoms with Crippen molar-refractivity contribution in [3.05, 3.63) is 29.4 Å². The summed E-state index contributed by atoms with van der Waals surface area (Å²) in [5.74, 6) is -0.0135. The molecule has 0 spiro atoms. The van der Waals surface area contributed by atoms with Crippen LogP contribution in [-0.2, 0) is 4.74 Å². The first-order chi connectivity index (χ1) is 10.2. The van der Waals surface area contributed by atoms with Gasteiger partial charge in [0.2, 0.25) is 0 Å². The predicted octanol–water partition coefficient (Wildman–Crippen LogP) is 1.21. The summed E-state index contributed by atoms with van der Waals surface area (Å²) in [4.78, 5) is 23.0. The lowest BCUT2D eigenvalue weighted by Gasteiger charge is -2.25. The predicted molar refractivity (Wildman–Crippen MR) is 81.7 cm³/mol. The fourth-order valence-corrected chi connectivity index (χ4v) is 2.93. The van der Waals surface area contributed by atoms with Gasteiger partial charge in [0, 0.05) is 19.3 Å².